The summed E-state index contributed by atoms with van der Waals surface area (Å²) in [5, 5.41) is 13.7. The quantitative estimate of drug-likeness (QED) is 0.660. The van der Waals surface area contributed by atoms with Crippen molar-refractivity contribution in [3.05, 3.63) is 76.6 Å². The first kappa shape index (κ1) is 19.1. The second-order valence-electron chi connectivity index (χ2n) is 6.71. The van der Waals surface area contributed by atoms with Gasteiger partial charge in [0, 0.05) is 24.5 Å². The monoisotopic (exact) mass is 403 g/mol. The van der Waals surface area contributed by atoms with Crippen LogP contribution in [-0.2, 0) is 11.2 Å². The fraction of sp³-hybridized carbons (Fsp3) is 0.250. The van der Waals surface area contributed by atoms with Gasteiger partial charge in [-0.1, -0.05) is 6.07 Å². The lowest BCUT2D eigenvalue weighted by Crippen LogP contribution is -2.08. The Hall–Kier alpha value is -3.20. The number of benzene rings is 2. The summed E-state index contributed by atoms with van der Waals surface area (Å²) in [5.74, 6) is -3.97. The summed E-state index contributed by atoms with van der Waals surface area (Å²) in [6.45, 7) is 0.970. The van der Waals surface area contributed by atoms with E-state index < -0.39 is 29.0 Å². The molecule has 1 N–H and O–H groups in total. The van der Waals surface area contributed by atoms with Crippen LogP contribution >= 0.6 is 0 Å². The van der Waals surface area contributed by atoms with Crippen LogP contribution in [0.25, 0.3) is 5.69 Å². The van der Waals surface area contributed by atoms with Crippen molar-refractivity contribution in [1.82, 2.24) is 14.8 Å². The summed E-state index contributed by atoms with van der Waals surface area (Å²) < 4.78 is 48.7. The van der Waals surface area contributed by atoms with Crippen molar-refractivity contribution in [3.63, 3.8) is 0 Å². The second-order valence-corrected chi connectivity index (χ2v) is 6.71. The molecule has 0 aliphatic carbocycles. The predicted octanol–water partition coefficient (Wildman–Crippen LogP) is 3.48. The zero-order valence-electron chi connectivity index (χ0n) is 15.1. The Bertz CT molecular complexity index is 1080. The van der Waals surface area contributed by atoms with Gasteiger partial charge >= 0.3 is 5.97 Å². The SMILES string of the molecule is O=C(O)c1cccc(-n2nc(C3CCOC3)nc2Cc2c(F)ccc(F)c2F)c1. The highest BCUT2D eigenvalue weighted by molar-refractivity contribution is 5.88. The fourth-order valence-corrected chi connectivity index (χ4v) is 3.25. The number of carboxylic acid groups (broad SMARTS) is 1. The molecule has 1 fully saturated rings. The van der Waals surface area contributed by atoms with E-state index in [9.17, 15) is 23.1 Å². The first-order valence-corrected chi connectivity index (χ1v) is 8.93. The molecule has 1 aliphatic heterocycles. The summed E-state index contributed by atoms with van der Waals surface area (Å²) in [6, 6.07) is 7.51. The number of rotatable bonds is 5. The first-order valence-electron chi connectivity index (χ1n) is 8.93. The Morgan fingerprint density at radius 1 is 1.21 bits per heavy atom. The molecule has 2 aromatic carbocycles. The standard InChI is InChI=1S/C20H16F3N3O3/c21-15-4-5-16(22)18(23)14(15)9-17-24-19(12-6-7-29-10-12)25-26(17)13-3-1-2-11(8-13)20(27)28/h1-5,8,12H,6-7,9-10H2,(H,27,28). The summed E-state index contributed by atoms with van der Waals surface area (Å²) in [4.78, 5) is 15.7. The molecule has 2 heterocycles. The van der Waals surface area contributed by atoms with Gasteiger partial charge in [0.25, 0.3) is 0 Å². The maximum atomic E-state index is 14.2. The lowest BCUT2D eigenvalue weighted by molar-refractivity contribution is 0.0697. The lowest BCUT2D eigenvalue weighted by Gasteiger charge is -2.08. The highest BCUT2D eigenvalue weighted by Gasteiger charge is 2.26. The van der Waals surface area contributed by atoms with Crippen LogP contribution in [0.3, 0.4) is 0 Å². The lowest BCUT2D eigenvalue weighted by atomic mass is 10.1. The molecular formula is C20H16F3N3O3. The molecule has 1 aromatic heterocycles. The summed E-state index contributed by atoms with van der Waals surface area (Å²) in [6.07, 6.45) is 0.342. The van der Waals surface area contributed by atoms with Gasteiger partial charge in [0.05, 0.1) is 17.9 Å². The normalized spacial score (nSPS) is 16.3. The highest BCUT2D eigenvalue weighted by Crippen LogP contribution is 2.26. The van der Waals surface area contributed by atoms with Crippen LogP contribution in [0.2, 0.25) is 0 Å². The predicted molar refractivity (Wildman–Crippen MR) is 95.6 cm³/mol. The molecule has 150 valence electrons. The van der Waals surface area contributed by atoms with E-state index in [1.54, 1.807) is 6.07 Å². The molecule has 0 saturated carbocycles. The van der Waals surface area contributed by atoms with Gasteiger partial charge in [-0.2, -0.15) is 5.10 Å². The van der Waals surface area contributed by atoms with E-state index in [0.29, 0.717) is 31.1 Å². The number of nitrogens with zero attached hydrogens (tertiary/aromatic N) is 3. The average Bonchev–Trinajstić information content (AvgIpc) is 3.38. The number of carbonyl (C=O) groups is 1. The molecular weight excluding hydrogens is 387 g/mol. The van der Waals surface area contributed by atoms with Crippen molar-refractivity contribution in [1.29, 1.82) is 0 Å². The maximum Gasteiger partial charge on any atom is 0.335 e. The Morgan fingerprint density at radius 3 is 2.72 bits per heavy atom. The van der Waals surface area contributed by atoms with Crippen molar-refractivity contribution in [2.75, 3.05) is 13.2 Å². The van der Waals surface area contributed by atoms with Crippen molar-refractivity contribution in [2.24, 2.45) is 0 Å². The summed E-state index contributed by atoms with van der Waals surface area (Å²) in [5.41, 5.74) is -0.0742. The van der Waals surface area contributed by atoms with E-state index in [4.69, 9.17) is 4.74 Å². The molecule has 0 amide bonds. The molecule has 0 radical (unpaired) electrons. The molecule has 0 spiro atoms. The molecule has 3 aromatic rings. The largest absolute Gasteiger partial charge is 0.478 e. The van der Waals surface area contributed by atoms with Gasteiger partial charge in [0.1, 0.15) is 11.6 Å². The number of aromatic nitrogens is 3. The number of carboxylic acids is 1. The number of aromatic carboxylic acids is 1. The van der Waals surface area contributed by atoms with Crippen molar-refractivity contribution in [3.8, 4) is 5.69 Å². The number of ether oxygens (including phenoxy) is 1. The number of hydrogen-bond acceptors (Lipinski definition) is 4. The van der Waals surface area contributed by atoms with Crippen LogP contribution in [0.4, 0.5) is 13.2 Å². The van der Waals surface area contributed by atoms with Gasteiger partial charge in [-0.15, -0.1) is 0 Å². The van der Waals surface area contributed by atoms with Gasteiger partial charge in [-0.25, -0.2) is 27.6 Å². The van der Waals surface area contributed by atoms with Crippen LogP contribution in [0.1, 0.15) is 39.9 Å². The molecule has 1 saturated heterocycles. The van der Waals surface area contributed by atoms with E-state index in [-0.39, 0.29) is 23.7 Å². The summed E-state index contributed by atoms with van der Waals surface area (Å²) >= 11 is 0. The Morgan fingerprint density at radius 2 is 2.00 bits per heavy atom. The second kappa shape index (κ2) is 7.67. The topological polar surface area (TPSA) is 77.2 Å². The molecule has 29 heavy (non-hydrogen) atoms. The molecule has 1 aliphatic rings. The Balaban J connectivity index is 1.81. The molecule has 6 nitrogen and oxygen atoms in total. The number of halogens is 3. The fourth-order valence-electron chi connectivity index (χ4n) is 3.25. The smallest absolute Gasteiger partial charge is 0.335 e. The van der Waals surface area contributed by atoms with Gasteiger partial charge in [0.2, 0.25) is 0 Å². The van der Waals surface area contributed by atoms with Gasteiger partial charge in [-0.05, 0) is 36.8 Å². The van der Waals surface area contributed by atoms with Crippen LogP contribution < -0.4 is 0 Å². The Kier molecular flexibility index (Phi) is 5.06. The van der Waals surface area contributed by atoms with E-state index in [0.717, 1.165) is 12.1 Å². The minimum absolute atomic E-state index is 0.0258. The molecule has 0 bridgehead atoms. The van der Waals surface area contributed by atoms with Gasteiger partial charge < -0.3 is 9.84 Å². The van der Waals surface area contributed by atoms with Crippen LogP contribution in [0, 0.1) is 17.5 Å². The van der Waals surface area contributed by atoms with Gasteiger partial charge in [0.15, 0.2) is 17.5 Å². The molecule has 1 atom stereocenters. The molecule has 9 heteroatoms. The maximum absolute atomic E-state index is 14.2. The number of hydrogen-bond donors (Lipinski definition) is 1. The van der Waals surface area contributed by atoms with E-state index in [2.05, 4.69) is 10.1 Å². The van der Waals surface area contributed by atoms with Crippen LogP contribution in [0.5, 0.6) is 0 Å². The third-order valence-corrected chi connectivity index (χ3v) is 4.80. The Labute approximate surface area is 163 Å². The van der Waals surface area contributed by atoms with Crippen molar-refractivity contribution >= 4 is 5.97 Å². The average molecular weight is 403 g/mol. The minimum Gasteiger partial charge on any atom is -0.478 e. The third-order valence-electron chi connectivity index (χ3n) is 4.80. The first-order chi connectivity index (χ1) is 13.9. The van der Waals surface area contributed by atoms with E-state index in [1.165, 1.54) is 22.9 Å². The third kappa shape index (κ3) is 3.73. The van der Waals surface area contributed by atoms with E-state index >= 15 is 0 Å². The zero-order valence-corrected chi connectivity index (χ0v) is 15.1. The summed E-state index contributed by atoms with van der Waals surface area (Å²) in [7, 11) is 0. The molecule has 1 unspecified atom stereocenters. The van der Waals surface area contributed by atoms with E-state index in [1.807, 2.05) is 0 Å². The van der Waals surface area contributed by atoms with Crippen molar-refractivity contribution < 1.29 is 27.8 Å². The molecule has 4 rings (SSSR count). The van der Waals surface area contributed by atoms with Crippen LogP contribution in [0.15, 0.2) is 36.4 Å². The van der Waals surface area contributed by atoms with Crippen LogP contribution in [-0.4, -0.2) is 39.1 Å². The van der Waals surface area contributed by atoms with Crippen molar-refractivity contribution in [2.45, 2.75) is 18.8 Å². The minimum atomic E-state index is -1.29. The zero-order chi connectivity index (χ0) is 20.5. The van der Waals surface area contributed by atoms with Gasteiger partial charge in [-0.3, -0.25) is 0 Å². The highest BCUT2D eigenvalue weighted by atomic mass is 19.2.